The Morgan fingerprint density at radius 1 is 0.939 bits per heavy atom. The third-order valence-corrected chi connectivity index (χ3v) is 9.05. The molecule has 1 aliphatic rings. The summed E-state index contributed by atoms with van der Waals surface area (Å²) in [7, 11) is 5.40. The highest BCUT2D eigenvalue weighted by atomic mass is 16.5. The number of nitrogens with zero attached hydrogens (tertiary/aromatic N) is 1. The number of aliphatic hydroxyl groups is 4. The normalized spacial score (nSPS) is 21.6. The van der Waals surface area contributed by atoms with E-state index >= 15 is 0 Å². The number of hydrogen-bond acceptors (Lipinski definition) is 9. The van der Waals surface area contributed by atoms with Crippen molar-refractivity contribution in [1.29, 1.82) is 0 Å². The summed E-state index contributed by atoms with van der Waals surface area (Å²) in [5, 5.41) is 47.0. The highest BCUT2D eigenvalue weighted by Crippen LogP contribution is 2.39. The second kappa shape index (κ2) is 17.6. The zero-order valence-electron chi connectivity index (χ0n) is 30.3. The molecule has 1 fully saturated rings. The SMILES string of the molecule is CCCc1cc(OC)c([C@@H]2O[C@H](CO)C(O)[C@H](O)C2O)cc1CCc1ccc(/C=C/C(C)(C)C(=O)NC(C)(C)C(=O)NCCN(C)C)cc1. The smallest absolute Gasteiger partial charge is 0.245 e. The second-order valence-electron chi connectivity index (χ2n) is 14.3. The van der Waals surface area contributed by atoms with Gasteiger partial charge in [0.15, 0.2) is 0 Å². The van der Waals surface area contributed by atoms with Crippen LogP contribution in [0.3, 0.4) is 0 Å². The van der Waals surface area contributed by atoms with E-state index in [1.807, 2.05) is 69.3 Å². The molecule has 1 aliphatic heterocycles. The number of aryl methyl sites for hydroxylation is 3. The predicted molar refractivity (Wildman–Crippen MR) is 190 cm³/mol. The van der Waals surface area contributed by atoms with E-state index < -0.39 is 48.1 Å². The molecule has 0 radical (unpaired) electrons. The maximum Gasteiger partial charge on any atom is 0.245 e. The number of amides is 2. The van der Waals surface area contributed by atoms with Crippen molar-refractivity contribution in [3.63, 3.8) is 0 Å². The molecule has 11 heteroatoms. The van der Waals surface area contributed by atoms with Crippen molar-refractivity contribution in [2.45, 2.75) is 96.4 Å². The van der Waals surface area contributed by atoms with Gasteiger partial charge in [0.05, 0.1) is 19.1 Å². The van der Waals surface area contributed by atoms with Gasteiger partial charge in [-0.2, -0.15) is 0 Å². The molecule has 2 aromatic carbocycles. The zero-order chi connectivity index (χ0) is 36.5. The fourth-order valence-electron chi connectivity index (χ4n) is 5.75. The highest BCUT2D eigenvalue weighted by molar-refractivity contribution is 5.93. The zero-order valence-corrected chi connectivity index (χ0v) is 30.3. The molecule has 5 atom stereocenters. The number of nitrogens with one attached hydrogen (secondary N) is 2. The molecule has 0 saturated carbocycles. The Hall–Kier alpha value is -3.32. The molecule has 11 nitrogen and oxygen atoms in total. The van der Waals surface area contributed by atoms with E-state index in [0.29, 0.717) is 30.8 Å². The third-order valence-electron chi connectivity index (χ3n) is 9.05. The molecule has 6 N–H and O–H groups in total. The Morgan fingerprint density at radius 2 is 1.59 bits per heavy atom. The van der Waals surface area contributed by atoms with Crippen LogP contribution < -0.4 is 15.4 Å². The Labute approximate surface area is 291 Å². The lowest BCUT2D eigenvalue weighted by atomic mass is 9.87. The van der Waals surface area contributed by atoms with Gasteiger partial charge in [0.2, 0.25) is 11.8 Å². The number of carbonyl (C=O) groups is 2. The van der Waals surface area contributed by atoms with Crippen molar-refractivity contribution in [2.75, 3.05) is 40.9 Å². The minimum absolute atomic E-state index is 0.236. The van der Waals surface area contributed by atoms with Crippen molar-refractivity contribution in [3.8, 4) is 5.75 Å². The molecule has 1 heterocycles. The quantitative estimate of drug-likeness (QED) is 0.156. The molecule has 49 heavy (non-hydrogen) atoms. The van der Waals surface area contributed by atoms with Crippen molar-refractivity contribution >= 4 is 17.9 Å². The summed E-state index contributed by atoms with van der Waals surface area (Å²) in [6, 6.07) is 12.0. The van der Waals surface area contributed by atoms with Gasteiger partial charge in [-0.25, -0.2) is 0 Å². The van der Waals surface area contributed by atoms with Crippen molar-refractivity contribution in [3.05, 3.63) is 70.3 Å². The third kappa shape index (κ3) is 10.6. The Kier molecular flexibility index (Phi) is 14.4. The summed E-state index contributed by atoms with van der Waals surface area (Å²) < 4.78 is 11.5. The monoisotopic (exact) mass is 683 g/mol. The topological polar surface area (TPSA) is 161 Å². The summed E-state index contributed by atoms with van der Waals surface area (Å²) in [6.45, 7) is 9.81. The Bertz CT molecular complexity index is 1420. The van der Waals surface area contributed by atoms with Crippen molar-refractivity contribution in [2.24, 2.45) is 5.41 Å². The maximum absolute atomic E-state index is 13.2. The van der Waals surface area contributed by atoms with Gasteiger partial charge in [0, 0.05) is 18.7 Å². The lowest BCUT2D eigenvalue weighted by Crippen LogP contribution is -2.57. The number of aliphatic hydroxyl groups excluding tert-OH is 4. The van der Waals surface area contributed by atoms with Gasteiger partial charge >= 0.3 is 0 Å². The highest BCUT2D eigenvalue weighted by Gasteiger charge is 2.45. The fraction of sp³-hybridized carbons (Fsp3) is 0.579. The standard InChI is InChI=1S/C38H57N3O8/c1-9-10-26-22-29(48-8)28(34-33(45)32(44)31(43)30(23-42)49-34)21-27(26)16-15-24-11-13-25(14-12-24)17-18-37(2,3)35(46)40-38(4,5)36(47)39-19-20-41(6)7/h11-14,17-18,21-22,30-34,42-45H,9-10,15-16,19-20,23H2,1-8H3,(H,39,47)(H,40,46)/b18-17+/t30-,31?,32+,33?,34+/m1/s1. The lowest BCUT2D eigenvalue weighted by Gasteiger charge is -2.40. The van der Waals surface area contributed by atoms with Gasteiger partial charge in [0.1, 0.15) is 41.8 Å². The minimum atomic E-state index is -1.48. The average molecular weight is 684 g/mol. The van der Waals surface area contributed by atoms with Crippen LogP contribution in [0.15, 0.2) is 42.5 Å². The molecule has 1 saturated heterocycles. The summed E-state index contributed by atoms with van der Waals surface area (Å²) in [5.74, 6) is 0.0225. The molecule has 0 aromatic heterocycles. The van der Waals surface area contributed by atoms with E-state index in [9.17, 15) is 30.0 Å². The van der Waals surface area contributed by atoms with Crippen molar-refractivity contribution in [1.82, 2.24) is 15.5 Å². The molecule has 2 amide bonds. The molecule has 3 rings (SSSR count). The number of hydrogen-bond donors (Lipinski definition) is 6. The fourth-order valence-corrected chi connectivity index (χ4v) is 5.75. The Balaban J connectivity index is 1.71. The van der Waals surface area contributed by atoms with Gasteiger partial charge in [-0.05, 0) is 95.4 Å². The number of likely N-dealkylation sites (N-methyl/N-ethyl adjacent to an activating group) is 1. The van der Waals surface area contributed by atoms with Crippen LogP contribution in [-0.4, -0.2) is 108 Å². The van der Waals surface area contributed by atoms with E-state index in [2.05, 4.69) is 29.7 Å². The molecule has 0 spiro atoms. The van der Waals surface area contributed by atoms with Crippen LogP contribution in [0.5, 0.6) is 5.75 Å². The number of rotatable bonds is 16. The second-order valence-corrected chi connectivity index (χ2v) is 14.3. The van der Waals surface area contributed by atoms with Crippen LogP contribution in [-0.2, 0) is 33.6 Å². The van der Waals surface area contributed by atoms with Gasteiger partial charge in [-0.1, -0.05) is 49.8 Å². The van der Waals surface area contributed by atoms with Crippen LogP contribution in [0.25, 0.3) is 6.08 Å². The van der Waals surface area contributed by atoms with E-state index in [0.717, 1.165) is 41.5 Å². The largest absolute Gasteiger partial charge is 0.496 e. The summed E-state index contributed by atoms with van der Waals surface area (Å²) in [5.41, 5.74) is 2.85. The lowest BCUT2D eigenvalue weighted by molar-refractivity contribution is -0.232. The number of benzene rings is 2. The van der Waals surface area contributed by atoms with E-state index in [4.69, 9.17) is 9.47 Å². The molecule has 0 bridgehead atoms. The van der Waals surface area contributed by atoms with Crippen LogP contribution in [0.1, 0.15) is 75.0 Å². The van der Waals surface area contributed by atoms with Crippen LogP contribution >= 0.6 is 0 Å². The first kappa shape index (κ1) is 40.1. The minimum Gasteiger partial charge on any atom is -0.496 e. The molecule has 0 aliphatic carbocycles. The van der Waals surface area contributed by atoms with Crippen LogP contribution in [0.4, 0.5) is 0 Å². The van der Waals surface area contributed by atoms with Gasteiger partial charge < -0.3 is 45.4 Å². The molecule has 2 unspecified atom stereocenters. The van der Waals surface area contributed by atoms with Gasteiger partial charge in [0.25, 0.3) is 0 Å². The van der Waals surface area contributed by atoms with Gasteiger partial charge in [-0.3, -0.25) is 9.59 Å². The first-order chi connectivity index (χ1) is 23.0. The number of methoxy groups -OCH3 is 1. The molecule has 2 aromatic rings. The van der Waals surface area contributed by atoms with Crippen molar-refractivity contribution < 1.29 is 39.5 Å². The maximum atomic E-state index is 13.2. The Morgan fingerprint density at radius 3 is 2.18 bits per heavy atom. The molecular weight excluding hydrogens is 626 g/mol. The van der Waals surface area contributed by atoms with E-state index in [-0.39, 0.29) is 11.8 Å². The summed E-state index contributed by atoms with van der Waals surface area (Å²) in [4.78, 5) is 27.8. The summed E-state index contributed by atoms with van der Waals surface area (Å²) >= 11 is 0. The van der Waals surface area contributed by atoms with Gasteiger partial charge in [-0.15, -0.1) is 0 Å². The first-order valence-electron chi connectivity index (χ1n) is 17.1. The van der Waals surface area contributed by atoms with Crippen LogP contribution in [0, 0.1) is 5.41 Å². The van der Waals surface area contributed by atoms with E-state index in [1.165, 1.54) is 7.11 Å². The van der Waals surface area contributed by atoms with Crippen LogP contribution in [0.2, 0.25) is 0 Å². The molecular formula is C38H57N3O8. The van der Waals surface area contributed by atoms with E-state index in [1.54, 1.807) is 13.8 Å². The number of ether oxygens (including phenoxy) is 2. The first-order valence-corrected chi connectivity index (χ1v) is 17.1. The predicted octanol–water partition coefficient (Wildman–Crippen LogP) is 2.56. The average Bonchev–Trinajstić information content (AvgIpc) is 3.06. The number of carbonyl (C=O) groups excluding carboxylic acids is 2. The molecule has 272 valence electrons. The summed E-state index contributed by atoms with van der Waals surface area (Å²) in [6.07, 6.45) is 0.592.